The summed E-state index contributed by atoms with van der Waals surface area (Å²) in [5.41, 5.74) is 3.92. The van der Waals surface area contributed by atoms with E-state index in [0.717, 1.165) is 22.7 Å². The predicted octanol–water partition coefficient (Wildman–Crippen LogP) is 5.58. The summed E-state index contributed by atoms with van der Waals surface area (Å²) in [6.07, 6.45) is 3.64. The summed E-state index contributed by atoms with van der Waals surface area (Å²) in [6, 6.07) is 19.4. The van der Waals surface area contributed by atoms with Gasteiger partial charge in [0.1, 0.15) is 28.7 Å². The topological polar surface area (TPSA) is 55.4 Å². The van der Waals surface area contributed by atoms with Crippen LogP contribution in [0.1, 0.15) is 17.0 Å². The first-order valence-corrected chi connectivity index (χ1v) is 9.70. The SMILES string of the molecule is Cc1ccn2c(Nc3ccc(F)cc3)c(-c3ccc(C#Cc4ccccn4)o3)nc2c1. The Hall–Kier alpha value is -4.37. The molecular weight excluding hydrogens is 391 g/mol. The largest absolute Gasteiger partial charge is 0.446 e. The summed E-state index contributed by atoms with van der Waals surface area (Å²) in [6.45, 7) is 2.01. The van der Waals surface area contributed by atoms with Gasteiger partial charge in [0.15, 0.2) is 11.5 Å². The standard InChI is InChI=1S/C25H17FN4O/c1-17-13-15-30-23(16-17)29-24(25(30)28-20-7-5-18(26)6-8-20)22-12-11-21(31-22)10-9-19-4-2-3-14-27-19/h2-8,11-16,28H,1H3. The fraction of sp³-hybridized carbons (Fsp3) is 0.0400. The first-order valence-electron chi connectivity index (χ1n) is 9.70. The summed E-state index contributed by atoms with van der Waals surface area (Å²) in [5, 5.41) is 3.34. The average molecular weight is 408 g/mol. The maximum absolute atomic E-state index is 13.3. The molecule has 1 N–H and O–H groups in total. The summed E-state index contributed by atoms with van der Waals surface area (Å²) in [7, 11) is 0. The molecule has 0 unspecified atom stereocenters. The molecule has 0 saturated heterocycles. The van der Waals surface area contributed by atoms with Crippen molar-refractivity contribution in [3.05, 3.63) is 102 Å². The molecule has 0 radical (unpaired) electrons. The number of rotatable bonds is 3. The molecule has 6 heteroatoms. The number of nitrogens with zero attached hydrogens (tertiary/aromatic N) is 3. The number of furan rings is 1. The monoisotopic (exact) mass is 408 g/mol. The number of fused-ring (bicyclic) bond motifs is 1. The van der Waals surface area contributed by atoms with Crippen molar-refractivity contribution >= 4 is 17.2 Å². The number of hydrogen-bond acceptors (Lipinski definition) is 4. The van der Waals surface area contributed by atoms with Gasteiger partial charge in [0, 0.05) is 18.1 Å². The van der Waals surface area contributed by atoms with Gasteiger partial charge < -0.3 is 9.73 Å². The van der Waals surface area contributed by atoms with Crippen LogP contribution in [0.4, 0.5) is 15.9 Å². The fourth-order valence-corrected chi connectivity index (χ4v) is 3.20. The molecule has 5 rings (SSSR count). The van der Waals surface area contributed by atoms with Crippen LogP contribution in [-0.4, -0.2) is 14.4 Å². The third-order valence-electron chi connectivity index (χ3n) is 4.71. The summed E-state index contributed by atoms with van der Waals surface area (Å²) < 4.78 is 21.2. The van der Waals surface area contributed by atoms with Gasteiger partial charge >= 0.3 is 0 Å². The van der Waals surface area contributed by atoms with E-state index in [1.165, 1.54) is 12.1 Å². The zero-order valence-electron chi connectivity index (χ0n) is 16.6. The van der Waals surface area contributed by atoms with Crippen LogP contribution in [0.5, 0.6) is 0 Å². The van der Waals surface area contributed by atoms with Gasteiger partial charge in [0.05, 0.1) is 0 Å². The summed E-state index contributed by atoms with van der Waals surface area (Å²) in [4.78, 5) is 8.96. The highest BCUT2D eigenvalue weighted by atomic mass is 19.1. The Morgan fingerprint density at radius 3 is 2.68 bits per heavy atom. The molecule has 4 aromatic heterocycles. The molecule has 31 heavy (non-hydrogen) atoms. The molecular formula is C25H17FN4O. The number of anilines is 2. The Bertz CT molecular complexity index is 1420. The van der Waals surface area contributed by atoms with E-state index in [4.69, 9.17) is 9.40 Å². The number of aromatic nitrogens is 3. The van der Waals surface area contributed by atoms with Crippen LogP contribution in [0.15, 0.2) is 83.5 Å². The van der Waals surface area contributed by atoms with Gasteiger partial charge in [0.25, 0.3) is 0 Å². The minimum absolute atomic E-state index is 0.290. The van der Waals surface area contributed by atoms with Crippen molar-refractivity contribution in [1.82, 2.24) is 14.4 Å². The van der Waals surface area contributed by atoms with Crippen LogP contribution in [0.3, 0.4) is 0 Å². The normalized spacial score (nSPS) is 10.6. The Balaban J connectivity index is 1.56. The van der Waals surface area contributed by atoms with E-state index in [-0.39, 0.29) is 5.82 Å². The van der Waals surface area contributed by atoms with E-state index in [0.29, 0.717) is 22.9 Å². The van der Waals surface area contributed by atoms with Gasteiger partial charge in [-0.15, -0.1) is 0 Å². The van der Waals surface area contributed by atoms with Crippen molar-refractivity contribution in [3.8, 4) is 23.3 Å². The third-order valence-corrected chi connectivity index (χ3v) is 4.71. The minimum atomic E-state index is -0.290. The highest BCUT2D eigenvalue weighted by molar-refractivity contribution is 5.77. The number of imidazole rings is 1. The maximum atomic E-state index is 13.3. The number of benzene rings is 1. The quantitative estimate of drug-likeness (QED) is 0.396. The molecule has 5 aromatic rings. The highest BCUT2D eigenvalue weighted by Gasteiger charge is 2.17. The van der Waals surface area contributed by atoms with Gasteiger partial charge in [-0.05, 0) is 85.0 Å². The fourth-order valence-electron chi connectivity index (χ4n) is 3.20. The van der Waals surface area contributed by atoms with E-state index in [2.05, 4.69) is 22.1 Å². The van der Waals surface area contributed by atoms with Crippen LogP contribution in [0.25, 0.3) is 17.1 Å². The van der Waals surface area contributed by atoms with Gasteiger partial charge in [-0.25, -0.2) is 14.4 Å². The second-order valence-electron chi connectivity index (χ2n) is 7.00. The molecule has 0 aliphatic rings. The van der Waals surface area contributed by atoms with E-state index >= 15 is 0 Å². The molecule has 0 atom stereocenters. The zero-order valence-corrected chi connectivity index (χ0v) is 16.6. The maximum Gasteiger partial charge on any atom is 0.178 e. The van der Waals surface area contributed by atoms with Crippen molar-refractivity contribution in [2.45, 2.75) is 6.92 Å². The van der Waals surface area contributed by atoms with Gasteiger partial charge in [-0.2, -0.15) is 0 Å². The zero-order chi connectivity index (χ0) is 21.2. The summed E-state index contributed by atoms with van der Waals surface area (Å²) in [5.74, 6) is 7.51. The van der Waals surface area contributed by atoms with Crippen molar-refractivity contribution < 1.29 is 8.81 Å². The third kappa shape index (κ3) is 3.89. The van der Waals surface area contributed by atoms with Crippen molar-refractivity contribution in [2.24, 2.45) is 0 Å². The molecule has 150 valence electrons. The van der Waals surface area contributed by atoms with Gasteiger partial charge in [-0.3, -0.25) is 4.40 Å². The molecule has 0 amide bonds. The second-order valence-corrected chi connectivity index (χ2v) is 7.00. The van der Waals surface area contributed by atoms with Crippen LogP contribution in [-0.2, 0) is 0 Å². The van der Waals surface area contributed by atoms with E-state index in [1.54, 1.807) is 18.3 Å². The minimum Gasteiger partial charge on any atom is -0.446 e. The Morgan fingerprint density at radius 2 is 1.87 bits per heavy atom. The second kappa shape index (κ2) is 7.81. The van der Waals surface area contributed by atoms with Gasteiger partial charge in [0.2, 0.25) is 0 Å². The Morgan fingerprint density at radius 1 is 1.00 bits per heavy atom. The number of hydrogen-bond donors (Lipinski definition) is 1. The van der Waals surface area contributed by atoms with Crippen LogP contribution >= 0.6 is 0 Å². The lowest BCUT2D eigenvalue weighted by Gasteiger charge is -2.08. The van der Waals surface area contributed by atoms with Crippen molar-refractivity contribution in [3.63, 3.8) is 0 Å². The molecule has 0 fully saturated rings. The first-order chi connectivity index (χ1) is 15.2. The highest BCUT2D eigenvalue weighted by Crippen LogP contribution is 2.32. The van der Waals surface area contributed by atoms with Crippen LogP contribution in [0.2, 0.25) is 0 Å². The number of pyridine rings is 2. The molecule has 0 aliphatic heterocycles. The molecule has 0 bridgehead atoms. The molecule has 1 aromatic carbocycles. The Labute approximate surface area is 178 Å². The molecule has 4 heterocycles. The number of aryl methyl sites for hydroxylation is 1. The lowest BCUT2D eigenvalue weighted by atomic mass is 10.3. The smallest absolute Gasteiger partial charge is 0.178 e. The van der Waals surface area contributed by atoms with Gasteiger partial charge in [-0.1, -0.05) is 6.07 Å². The van der Waals surface area contributed by atoms with E-state index in [1.807, 2.05) is 60.0 Å². The van der Waals surface area contributed by atoms with Crippen molar-refractivity contribution in [2.75, 3.05) is 5.32 Å². The lowest BCUT2D eigenvalue weighted by molar-refractivity contribution is 0.567. The number of nitrogens with one attached hydrogen (secondary N) is 1. The number of halogens is 1. The van der Waals surface area contributed by atoms with Crippen molar-refractivity contribution in [1.29, 1.82) is 0 Å². The molecule has 0 spiro atoms. The first kappa shape index (κ1) is 18.6. The van der Waals surface area contributed by atoms with E-state index < -0.39 is 0 Å². The molecule has 0 aliphatic carbocycles. The van der Waals surface area contributed by atoms with E-state index in [9.17, 15) is 4.39 Å². The predicted molar refractivity (Wildman–Crippen MR) is 118 cm³/mol. The molecule has 5 nitrogen and oxygen atoms in total. The Kier molecular flexibility index (Phi) is 4.70. The lowest BCUT2D eigenvalue weighted by Crippen LogP contribution is -1.97. The average Bonchev–Trinajstić information content (AvgIpc) is 3.39. The molecule has 0 saturated carbocycles. The van der Waals surface area contributed by atoms with Crippen LogP contribution < -0.4 is 5.32 Å². The van der Waals surface area contributed by atoms with Crippen LogP contribution in [0, 0.1) is 24.6 Å². The summed E-state index contributed by atoms with van der Waals surface area (Å²) >= 11 is 0.